The monoisotopic (exact) mass is 328 g/mol. The molecule has 0 radical (unpaired) electrons. The second-order valence-electron chi connectivity index (χ2n) is 6.07. The van der Waals surface area contributed by atoms with Gasteiger partial charge in [-0.25, -0.2) is 0 Å². The van der Waals surface area contributed by atoms with Crippen molar-refractivity contribution in [1.29, 1.82) is 0 Å². The largest absolute Gasteiger partial charge is 0.382 e. The molecule has 0 saturated heterocycles. The molecule has 1 amide bonds. The molecule has 2 rings (SSSR count). The van der Waals surface area contributed by atoms with Crippen LogP contribution < -0.4 is 5.73 Å². The van der Waals surface area contributed by atoms with Crippen LogP contribution in [0, 0.1) is 13.8 Å². The molecular weight excluding hydrogens is 300 g/mol. The Bertz CT molecular complexity index is 699. The number of hydrogen-bond acceptors (Lipinski definition) is 2. The van der Waals surface area contributed by atoms with E-state index in [0.717, 1.165) is 49.4 Å². The summed E-state index contributed by atoms with van der Waals surface area (Å²) in [5.41, 5.74) is 11.7. The van der Waals surface area contributed by atoms with Crippen LogP contribution in [0.1, 0.15) is 47.6 Å². The molecule has 0 unspecified atom stereocenters. The molecule has 2 aromatic rings. The normalized spacial score (nSPS) is 11.0. The molecule has 130 valence electrons. The summed E-state index contributed by atoms with van der Waals surface area (Å²) in [4.78, 5) is 12.1. The number of aromatic nitrogens is 1. The summed E-state index contributed by atoms with van der Waals surface area (Å²) >= 11 is 0. The Morgan fingerprint density at radius 1 is 1.17 bits per heavy atom. The van der Waals surface area contributed by atoms with Crippen molar-refractivity contribution in [2.75, 3.05) is 13.2 Å². The Kier molecular flexibility index (Phi) is 6.21. The number of benzene rings is 1. The molecule has 24 heavy (non-hydrogen) atoms. The number of carbonyl (C=O) groups excluding carboxylic acids is 1. The fourth-order valence-corrected chi connectivity index (χ4v) is 3.27. The molecule has 4 heteroatoms. The van der Waals surface area contributed by atoms with Crippen LogP contribution in [0.15, 0.2) is 24.3 Å². The number of rotatable bonds is 8. The first kappa shape index (κ1) is 18.3. The van der Waals surface area contributed by atoms with Gasteiger partial charge in [-0.3, -0.25) is 4.79 Å². The van der Waals surface area contributed by atoms with Gasteiger partial charge in [-0.05, 0) is 39.2 Å². The highest BCUT2D eigenvalue weighted by Crippen LogP contribution is 2.33. The smallest absolute Gasteiger partial charge is 0.251 e. The molecule has 2 N–H and O–H groups in total. The van der Waals surface area contributed by atoms with Crippen LogP contribution in [0.25, 0.3) is 11.1 Å². The first-order valence-corrected chi connectivity index (χ1v) is 8.67. The lowest BCUT2D eigenvalue weighted by Gasteiger charge is -2.12. The minimum absolute atomic E-state index is 0.360. The Labute approximate surface area is 144 Å². The van der Waals surface area contributed by atoms with E-state index in [1.54, 1.807) is 0 Å². The van der Waals surface area contributed by atoms with Gasteiger partial charge in [0.2, 0.25) is 0 Å². The van der Waals surface area contributed by atoms with Crippen molar-refractivity contribution >= 4 is 5.91 Å². The van der Waals surface area contributed by atoms with Gasteiger partial charge in [0.05, 0.1) is 5.56 Å². The Morgan fingerprint density at radius 3 is 2.38 bits per heavy atom. The lowest BCUT2D eigenvalue weighted by Crippen LogP contribution is -2.13. The molecule has 1 aromatic carbocycles. The van der Waals surface area contributed by atoms with Gasteiger partial charge in [-0.2, -0.15) is 0 Å². The van der Waals surface area contributed by atoms with Crippen LogP contribution in [-0.2, 0) is 17.7 Å². The maximum absolute atomic E-state index is 12.1. The second-order valence-corrected chi connectivity index (χ2v) is 6.07. The van der Waals surface area contributed by atoms with E-state index in [2.05, 4.69) is 42.7 Å². The molecule has 0 aliphatic rings. The number of nitrogens with zero attached hydrogens (tertiary/aromatic N) is 1. The van der Waals surface area contributed by atoms with Crippen molar-refractivity contribution in [3.8, 4) is 11.1 Å². The lowest BCUT2D eigenvalue weighted by molar-refractivity contribution is 0.1000. The Morgan fingerprint density at radius 2 is 1.83 bits per heavy atom. The summed E-state index contributed by atoms with van der Waals surface area (Å²) in [6.07, 6.45) is 1.77. The fraction of sp³-hybridized carbons (Fsp3) is 0.450. The van der Waals surface area contributed by atoms with Crippen molar-refractivity contribution < 1.29 is 9.53 Å². The van der Waals surface area contributed by atoms with E-state index in [4.69, 9.17) is 10.5 Å². The predicted octanol–water partition coefficient (Wildman–Crippen LogP) is 3.86. The Balaban J connectivity index is 2.51. The Hall–Kier alpha value is -2.07. The van der Waals surface area contributed by atoms with E-state index in [1.165, 1.54) is 11.3 Å². The topological polar surface area (TPSA) is 57.2 Å². The van der Waals surface area contributed by atoms with Crippen LogP contribution in [0.5, 0.6) is 0 Å². The quantitative estimate of drug-likeness (QED) is 0.748. The minimum atomic E-state index is -0.360. The molecule has 0 fully saturated rings. The van der Waals surface area contributed by atoms with Crippen molar-refractivity contribution in [2.24, 2.45) is 5.73 Å². The maximum Gasteiger partial charge on any atom is 0.251 e. The zero-order chi connectivity index (χ0) is 17.7. The fourth-order valence-electron chi connectivity index (χ4n) is 3.27. The van der Waals surface area contributed by atoms with Gasteiger partial charge in [-0.15, -0.1) is 0 Å². The highest BCUT2D eigenvalue weighted by Gasteiger charge is 2.23. The average Bonchev–Trinajstić information content (AvgIpc) is 2.84. The lowest BCUT2D eigenvalue weighted by atomic mass is 9.98. The van der Waals surface area contributed by atoms with Gasteiger partial charge in [0.25, 0.3) is 5.91 Å². The second kappa shape index (κ2) is 8.15. The minimum Gasteiger partial charge on any atom is -0.382 e. The number of hydrogen-bond donors (Lipinski definition) is 1. The zero-order valence-corrected chi connectivity index (χ0v) is 15.2. The first-order valence-electron chi connectivity index (χ1n) is 8.67. The van der Waals surface area contributed by atoms with E-state index < -0.39 is 0 Å². The van der Waals surface area contributed by atoms with Crippen molar-refractivity contribution in [2.45, 2.75) is 47.1 Å². The molecule has 0 spiro atoms. The van der Waals surface area contributed by atoms with Gasteiger partial charge in [0.15, 0.2) is 0 Å². The summed E-state index contributed by atoms with van der Waals surface area (Å²) < 4.78 is 7.68. The molecule has 0 bridgehead atoms. The molecule has 0 saturated carbocycles. The molecule has 0 aliphatic heterocycles. The highest BCUT2D eigenvalue weighted by atomic mass is 16.5. The number of amides is 1. The predicted molar refractivity (Wildman–Crippen MR) is 98.3 cm³/mol. The standard InChI is InChI=1S/C20H28N2O2/c1-5-17-19(16-10-8-14(3)9-11-16)18(20(21)23)15(4)22(17)12-7-13-24-6-2/h8-11H,5-7,12-13H2,1-4H3,(H2,21,23). The number of ether oxygens (including phenoxy) is 1. The molecular formula is C20H28N2O2. The van der Waals surface area contributed by atoms with Crippen molar-refractivity contribution in [3.63, 3.8) is 0 Å². The average molecular weight is 328 g/mol. The molecule has 0 atom stereocenters. The van der Waals surface area contributed by atoms with E-state index in [-0.39, 0.29) is 5.91 Å². The number of aryl methyl sites for hydroxylation is 1. The molecule has 1 heterocycles. The van der Waals surface area contributed by atoms with E-state index in [0.29, 0.717) is 5.56 Å². The van der Waals surface area contributed by atoms with Crippen LogP contribution in [0.2, 0.25) is 0 Å². The summed E-state index contributed by atoms with van der Waals surface area (Å²) in [6.45, 7) is 10.5. The van der Waals surface area contributed by atoms with Crippen LogP contribution in [0.4, 0.5) is 0 Å². The zero-order valence-electron chi connectivity index (χ0n) is 15.2. The summed E-state index contributed by atoms with van der Waals surface area (Å²) in [6, 6.07) is 8.28. The van der Waals surface area contributed by atoms with E-state index in [9.17, 15) is 4.79 Å². The number of primary amides is 1. The van der Waals surface area contributed by atoms with Gasteiger partial charge in [0, 0.05) is 36.7 Å². The van der Waals surface area contributed by atoms with E-state index >= 15 is 0 Å². The van der Waals surface area contributed by atoms with Gasteiger partial charge >= 0.3 is 0 Å². The summed E-state index contributed by atoms with van der Waals surface area (Å²) in [5, 5.41) is 0. The van der Waals surface area contributed by atoms with Crippen molar-refractivity contribution in [3.05, 3.63) is 46.8 Å². The highest BCUT2D eigenvalue weighted by molar-refractivity contribution is 6.02. The summed E-state index contributed by atoms with van der Waals surface area (Å²) in [7, 11) is 0. The third-order valence-corrected chi connectivity index (χ3v) is 4.43. The van der Waals surface area contributed by atoms with Gasteiger partial charge in [0.1, 0.15) is 0 Å². The van der Waals surface area contributed by atoms with Crippen LogP contribution >= 0.6 is 0 Å². The van der Waals surface area contributed by atoms with Gasteiger partial charge < -0.3 is 15.0 Å². The summed E-state index contributed by atoms with van der Waals surface area (Å²) in [5.74, 6) is -0.360. The third kappa shape index (κ3) is 3.70. The van der Waals surface area contributed by atoms with Crippen molar-refractivity contribution in [1.82, 2.24) is 4.57 Å². The van der Waals surface area contributed by atoms with Gasteiger partial charge in [-0.1, -0.05) is 36.8 Å². The van der Waals surface area contributed by atoms with E-state index in [1.807, 2.05) is 13.8 Å². The molecule has 0 aliphatic carbocycles. The van der Waals surface area contributed by atoms with Crippen LogP contribution in [0.3, 0.4) is 0 Å². The number of nitrogens with two attached hydrogens (primary N) is 1. The molecule has 1 aromatic heterocycles. The SMILES string of the molecule is CCOCCCn1c(C)c(C(N)=O)c(-c2ccc(C)cc2)c1CC. The maximum atomic E-state index is 12.1. The first-order chi connectivity index (χ1) is 11.5. The number of carbonyl (C=O) groups is 1. The third-order valence-electron chi connectivity index (χ3n) is 4.43. The molecule has 4 nitrogen and oxygen atoms in total. The van der Waals surface area contributed by atoms with Crippen LogP contribution in [-0.4, -0.2) is 23.7 Å².